The largest absolute Gasteiger partial charge is 0.469 e. The minimum Gasteiger partial charge on any atom is -0.469 e. The second-order valence-electron chi connectivity index (χ2n) is 7.84. The molecule has 0 amide bonds. The van der Waals surface area contributed by atoms with Crippen molar-refractivity contribution in [3.8, 4) is 0 Å². The Labute approximate surface area is 135 Å². The second kappa shape index (κ2) is 6.88. The van der Waals surface area contributed by atoms with Crippen LogP contribution in [0, 0.1) is 0 Å². The highest BCUT2D eigenvalue weighted by Crippen LogP contribution is 2.39. The molecular formula is C18H32N2O2. The number of carbonyl (C=O) groups excluding carboxylic acids is 1. The fraction of sp³-hybridized carbons (Fsp3) is 0.944. The van der Waals surface area contributed by atoms with Gasteiger partial charge in [0.25, 0.3) is 0 Å². The number of rotatable bonds is 3. The third kappa shape index (κ3) is 3.65. The lowest BCUT2D eigenvalue weighted by atomic mass is 9.72. The van der Waals surface area contributed by atoms with E-state index in [9.17, 15) is 4.79 Å². The number of ether oxygens (including phenoxy) is 1. The number of hydrogen-bond acceptors (Lipinski definition) is 4. The number of piperazine rings is 1. The number of methoxy groups -OCH3 is 1. The molecule has 1 N–H and O–H groups in total. The molecule has 2 saturated carbocycles. The Hall–Kier alpha value is -0.610. The zero-order chi connectivity index (χ0) is 15.5. The van der Waals surface area contributed by atoms with Gasteiger partial charge in [0.15, 0.2) is 0 Å². The van der Waals surface area contributed by atoms with E-state index in [4.69, 9.17) is 4.74 Å². The van der Waals surface area contributed by atoms with Crippen molar-refractivity contribution in [3.63, 3.8) is 0 Å². The average Bonchev–Trinajstić information content (AvgIpc) is 2.53. The van der Waals surface area contributed by atoms with E-state index in [1.165, 1.54) is 71.3 Å². The maximum atomic E-state index is 11.5. The first-order chi connectivity index (χ1) is 10.7. The molecule has 0 aromatic heterocycles. The van der Waals surface area contributed by atoms with Crippen LogP contribution >= 0.6 is 0 Å². The maximum Gasteiger partial charge on any atom is 0.306 e. The molecule has 4 heteroatoms. The van der Waals surface area contributed by atoms with Crippen molar-refractivity contribution in [3.05, 3.63) is 0 Å². The number of carbonyl (C=O) groups is 1. The SMILES string of the molecule is COC(=O)CCN1CC2(CCCCC2)NC2(CCCCC2)C1. The zero-order valence-corrected chi connectivity index (χ0v) is 14.2. The lowest BCUT2D eigenvalue weighted by Gasteiger charge is -2.56. The van der Waals surface area contributed by atoms with E-state index in [-0.39, 0.29) is 5.97 Å². The molecule has 0 radical (unpaired) electrons. The summed E-state index contributed by atoms with van der Waals surface area (Å²) in [4.78, 5) is 14.1. The summed E-state index contributed by atoms with van der Waals surface area (Å²) >= 11 is 0. The molecule has 0 aromatic carbocycles. The number of nitrogens with zero attached hydrogens (tertiary/aromatic N) is 1. The molecule has 0 aromatic rings. The Morgan fingerprint density at radius 2 is 1.45 bits per heavy atom. The second-order valence-corrected chi connectivity index (χ2v) is 7.84. The summed E-state index contributed by atoms with van der Waals surface area (Å²) in [6, 6.07) is 0. The van der Waals surface area contributed by atoms with Gasteiger partial charge in [-0.2, -0.15) is 0 Å². The molecule has 3 rings (SSSR count). The third-order valence-corrected chi connectivity index (χ3v) is 6.06. The van der Waals surface area contributed by atoms with E-state index in [0.29, 0.717) is 17.5 Å². The third-order valence-electron chi connectivity index (χ3n) is 6.06. The molecule has 126 valence electrons. The highest BCUT2D eigenvalue weighted by molar-refractivity contribution is 5.69. The predicted molar refractivity (Wildman–Crippen MR) is 87.8 cm³/mol. The van der Waals surface area contributed by atoms with Crippen LogP contribution in [0.15, 0.2) is 0 Å². The van der Waals surface area contributed by atoms with Gasteiger partial charge in [0, 0.05) is 30.7 Å². The van der Waals surface area contributed by atoms with Crippen LogP contribution in [0.25, 0.3) is 0 Å². The molecular weight excluding hydrogens is 276 g/mol. The fourth-order valence-electron chi connectivity index (χ4n) is 5.09. The van der Waals surface area contributed by atoms with Gasteiger partial charge in [-0.05, 0) is 25.7 Å². The molecule has 1 aliphatic heterocycles. The van der Waals surface area contributed by atoms with Crippen LogP contribution in [-0.2, 0) is 9.53 Å². The molecule has 2 aliphatic carbocycles. The Balaban J connectivity index is 1.71. The van der Waals surface area contributed by atoms with Crippen LogP contribution < -0.4 is 5.32 Å². The van der Waals surface area contributed by atoms with E-state index in [1.54, 1.807) is 0 Å². The molecule has 1 saturated heterocycles. The molecule has 0 bridgehead atoms. The van der Waals surface area contributed by atoms with Crippen LogP contribution in [-0.4, -0.2) is 48.7 Å². The quantitative estimate of drug-likeness (QED) is 0.814. The van der Waals surface area contributed by atoms with E-state index >= 15 is 0 Å². The van der Waals surface area contributed by atoms with Crippen LogP contribution in [0.1, 0.15) is 70.6 Å². The van der Waals surface area contributed by atoms with Crippen molar-refractivity contribution >= 4 is 5.97 Å². The van der Waals surface area contributed by atoms with E-state index in [0.717, 1.165) is 19.6 Å². The summed E-state index contributed by atoms with van der Waals surface area (Å²) in [5.74, 6) is -0.0751. The normalized spacial score (nSPS) is 27.9. The summed E-state index contributed by atoms with van der Waals surface area (Å²) in [6.07, 6.45) is 14.0. The Morgan fingerprint density at radius 1 is 0.955 bits per heavy atom. The number of hydrogen-bond donors (Lipinski definition) is 1. The van der Waals surface area contributed by atoms with Gasteiger partial charge in [0.2, 0.25) is 0 Å². The molecule has 2 spiro atoms. The standard InChI is InChI=1S/C18H32N2O2/c1-22-16(21)8-13-20-14-17(9-4-2-5-10-17)19-18(15-20)11-6-3-7-12-18/h19H,2-15H2,1H3. The highest BCUT2D eigenvalue weighted by atomic mass is 16.5. The maximum absolute atomic E-state index is 11.5. The Morgan fingerprint density at radius 3 is 1.91 bits per heavy atom. The van der Waals surface area contributed by atoms with Crippen molar-refractivity contribution in [2.45, 2.75) is 81.7 Å². The number of esters is 1. The van der Waals surface area contributed by atoms with Crippen molar-refractivity contribution < 1.29 is 9.53 Å². The first kappa shape index (κ1) is 16.3. The highest BCUT2D eigenvalue weighted by Gasteiger charge is 2.47. The topological polar surface area (TPSA) is 41.6 Å². The molecule has 3 aliphatic rings. The molecule has 22 heavy (non-hydrogen) atoms. The van der Waals surface area contributed by atoms with Gasteiger partial charge >= 0.3 is 5.97 Å². The van der Waals surface area contributed by atoms with Gasteiger partial charge < -0.3 is 10.1 Å². The zero-order valence-electron chi connectivity index (χ0n) is 14.2. The Bertz CT molecular complexity index is 359. The first-order valence-corrected chi connectivity index (χ1v) is 9.24. The lowest BCUT2D eigenvalue weighted by molar-refractivity contribution is -0.141. The van der Waals surface area contributed by atoms with Gasteiger partial charge in [-0.25, -0.2) is 0 Å². The van der Waals surface area contributed by atoms with Crippen LogP contribution in [0.3, 0.4) is 0 Å². The van der Waals surface area contributed by atoms with Crippen molar-refractivity contribution in [1.29, 1.82) is 0 Å². The van der Waals surface area contributed by atoms with Gasteiger partial charge in [-0.15, -0.1) is 0 Å². The summed E-state index contributed by atoms with van der Waals surface area (Å²) in [7, 11) is 1.49. The van der Waals surface area contributed by atoms with E-state index < -0.39 is 0 Å². The van der Waals surface area contributed by atoms with Crippen LogP contribution in [0.5, 0.6) is 0 Å². The van der Waals surface area contributed by atoms with Gasteiger partial charge in [-0.1, -0.05) is 38.5 Å². The van der Waals surface area contributed by atoms with Crippen molar-refractivity contribution in [1.82, 2.24) is 10.2 Å². The fourth-order valence-corrected chi connectivity index (χ4v) is 5.09. The van der Waals surface area contributed by atoms with Gasteiger partial charge in [0.05, 0.1) is 13.5 Å². The van der Waals surface area contributed by atoms with Gasteiger partial charge in [0.1, 0.15) is 0 Å². The lowest BCUT2D eigenvalue weighted by Crippen LogP contribution is -2.71. The van der Waals surface area contributed by atoms with Crippen molar-refractivity contribution in [2.24, 2.45) is 0 Å². The summed E-state index contributed by atoms with van der Waals surface area (Å²) in [6.45, 7) is 3.09. The average molecular weight is 308 g/mol. The predicted octanol–water partition coefficient (Wildman–Crippen LogP) is 2.86. The monoisotopic (exact) mass is 308 g/mol. The van der Waals surface area contributed by atoms with Gasteiger partial charge in [-0.3, -0.25) is 9.69 Å². The van der Waals surface area contributed by atoms with Crippen LogP contribution in [0.2, 0.25) is 0 Å². The molecule has 1 heterocycles. The molecule has 0 unspecified atom stereocenters. The van der Waals surface area contributed by atoms with Crippen LogP contribution in [0.4, 0.5) is 0 Å². The minimum absolute atomic E-state index is 0.0751. The molecule has 3 fully saturated rings. The minimum atomic E-state index is -0.0751. The van der Waals surface area contributed by atoms with Crippen molar-refractivity contribution in [2.75, 3.05) is 26.7 Å². The molecule has 0 atom stereocenters. The Kier molecular flexibility index (Phi) is 5.08. The summed E-state index contributed by atoms with van der Waals surface area (Å²) in [5, 5.41) is 4.16. The van der Waals surface area contributed by atoms with E-state index in [2.05, 4.69) is 10.2 Å². The number of nitrogens with one attached hydrogen (secondary N) is 1. The van der Waals surface area contributed by atoms with E-state index in [1.807, 2.05) is 0 Å². The first-order valence-electron chi connectivity index (χ1n) is 9.24. The summed E-state index contributed by atoms with van der Waals surface area (Å²) in [5.41, 5.74) is 0.619. The molecule has 4 nitrogen and oxygen atoms in total. The summed E-state index contributed by atoms with van der Waals surface area (Å²) < 4.78 is 4.83. The smallest absolute Gasteiger partial charge is 0.306 e.